The molecular weight excluding hydrogens is 275 g/mol. The van der Waals surface area contributed by atoms with Gasteiger partial charge >= 0.3 is 5.97 Å². The number of nitrogens with zero attached hydrogens (tertiary/aromatic N) is 1. The quantitative estimate of drug-likeness (QED) is 0.871. The number of carboxylic acids is 1. The molecule has 1 fully saturated rings. The lowest BCUT2D eigenvalue weighted by molar-refractivity contribution is -0.138. The molecule has 2 rings (SSSR count). The molecule has 2 N–H and O–H groups in total. The fraction of sp³-hybridized carbons (Fsp3) is 0.467. The maximum absolute atomic E-state index is 13.4. The third-order valence-corrected chi connectivity index (χ3v) is 3.58. The summed E-state index contributed by atoms with van der Waals surface area (Å²) in [6, 6.07) is 6.02. The minimum absolute atomic E-state index is 0.0810. The van der Waals surface area contributed by atoms with E-state index in [1.807, 2.05) is 4.90 Å². The number of benzene rings is 1. The van der Waals surface area contributed by atoms with E-state index >= 15 is 0 Å². The van der Waals surface area contributed by atoms with Crippen molar-refractivity contribution >= 4 is 17.6 Å². The van der Waals surface area contributed by atoms with Crippen molar-refractivity contribution < 1.29 is 19.1 Å². The molecule has 6 heteroatoms. The lowest BCUT2D eigenvalue weighted by Gasteiger charge is -2.31. The van der Waals surface area contributed by atoms with E-state index in [1.54, 1.807) is 12.1 Å². The van der Waals surface area contributed by atoms with Crippen LogP contribution in [0.4, 0.5) is 10.1 Å². The van der Waals surface area contributed by atoms with Crippen molar-refractivity contribution in [2.75, 3.05) is 25.0 Å². The van der Waals surface area contributed by atoms with Gasteiger partial charge in [0.2, 0.25) is 5.91 Å². The van der Waals surface area contributed by atoms with Crippen molar-refractivity contribution in [3.8, 4) is 0 Å². The zero-order valence-corrected chi connectivity index (χ0v) is 11.7. The molecule has 1 aromatic rings. The highest BCUT2D eigenvalue weighted by Crippen LogP contribution is 2.19. The highest BCUT2D eigenvalue weighted by Gasteiger charge is 2.23. The lowest BCUT2D eigenvalue weighted by atomic mass is 9.95. The van der Waals surface area contributed by atoms with Crippen LogP contribution in [0.3, 0.4) is 0 Å². The Bertz CT molecular complexity index is 521. The third kappa shape index (κ3) is 4.82. The number of hydrogen-bond donors (Lipinski definition) is 2. The lowest BCUT2D eigenvalue weighted by Crippen LogP contribution is -2.41. The van der Waals surface area contributed by atoms with Crippen molar-refractivity contribution in [2.24, 2.45) is 5.92 Å². The molecule has 0 spiro atoms. The smallest absolute Gasteiger partial charge is 0.303 e. The van der Waals surface area contributed by atoms with E-state index in [4.69, 9.17) is 5.11 Å². The van der Waals surface area contributed by atoms with E-state index < -0.39 is 11.8 Å². The minimum Gasteiger partial charge on any atom is -0.481 e. The minimum atomic E-state index is -0.808. The molecule has 0 aliphatic carbocycles. The number of aliphatic carboxylic acids is 1. The number of anilines is 1. The van der Waals surface area contributed by atoms with Gasteiger partial charge in [0, 0.05) is 13.0 Å². The maximum atomic E-state index is 13.4. The Morgan fingerprint density at radius 1 is 1.38 bits per heavy atom. The first-order valence-electron chi connectivity index (χ1n) is 7.03. The number of rotatable bonds is 5. The zero-order valence-electron chi connectivity index (χ0n) is 11.7. The molecule has 1 amide bonds. The highest BCUT2D eigenvalue weighted by molar-refractivity contribution is 5.92. The molecule has 0 bridgehead atoms. The van der Waals surface area contributed by atoms with Crippen LogP contribution in [0.15, 0.2) is 24.3 Å². The predicted octanol–water partition coefficient (Wildman–Crippen LogP) is 1.95. The average molecular weight is 294 g/mol. The number of carbonyl (C=O) groups is 2. The summed E-state index contributed by atoms with van der Waals surface area (Å²) in [7, 11) is 0. The molecule has 21 heavy (non-hydrogen) atoms. The number of para-hydroxylation sites is 1. The van der Waals surface area contributed by atoms with Crippen LogP contribution in [-0.4, -0.2) is 41.5 Å². The molecule has 5 nitrogen and oxygen atoms in total. The van der Waals surface area contributed by atoms with Crippen LogP contribution in [0, 0.1) is 11.7 Å². The first-order valence-corrected chi connectivity index (χ1v) is 7.03. The Hall–Kier alpha value is -1.95. The number of nitrogens with one attached hydrogen (secondary N) is 1. The van der Waals surface area contributed by atoms with Gasteiger partial charge in [-0.05, 0) is 37.4 Å². The first-order chi connectivity index (χ1) is 10.0. The van der Waals surface area contributed by atoms with Gasteiger partial charge in [0.15, 0.2) is 0 Å². The Morgan fingerprint density at radius 2 is 2.14 bits per heavy atom. The number of amides is 1. The highest BCUT2D eigenvalue weighted by atomic mass is 19.1. The van der Waals surface area contributed by atoms with Gasteiger partial charge in [-0.2, -0.15) is 0 Å². The summed E-state index contributed by atoms with van der Waals surface area (Å²) in [5.74, 6) is -1.47. The summed E-state index contributed by atoms with van der Waals surface area (Å²) >= 11 is 0. The monoisotopic (exact) mass is 294 g/mol. The van der Waals surface area contributed by atoms with Gasteiger partial charge in [-0.25, -0.2) is 4.39 Å². The Balaban J connectivity index is 1.85. The van der Waals surface area contributed by atoms with Crippen molar-refractivity contribution in [3.63, 3.8) is 0 Å². The fourth-order valence-electron chi connectivity index (χ4n) is 2.66. The molecule has 1 heterocycles. The Labute approximate surface area is 122 Å². The number of likely N-dealkylation sites (tertiary alicyclic amines) is 1. The summed E-state index contributed by atoms with van der Waals surface area (Å²) in [5.41, 5.74) is 0.168. The zero-order chi connectivity index (χ0) is 15.2. The van der Waals surface area contributed by atoms with Gasteiger partial charge in [0.25, 0.3) is 0 Å². The number of carboxylic acid groups (broad SMARTS) is 1. The van der Waals surface area contributed by atoms with Gasteiger partial charge < -0.3 is 10.4 Å². The van der Waals surface area contributed by atoms with E-state index in [-0.39, 0.29) is 30.5 Å². The molecule has 0 aromatic heterocycles. The van der Waals surface area contributed by atoms with E-state index in [2.05, 4.69) is 5.32 Å². The summed E-state index contributed by atoms with van der Waals surface area (Å²) in [4.78, 5) is 24.6. The third-order valence-electron chi connectivity index (χ3n) is 3.58. The SMILES string of the molecule is O=C(O)CC1CCCN(CC(=O)Nc2ccccc2F)C1. The molecule has 1 atom stereocenters. The summed E-state index contributed by atoms with van der Waals surface area (Å²) in [6.07, 6.45) is 1.88. The standard InChI is InChI=1S/C15H19FN2O3/c16-12-5-1-2-6-13(12)17-14(19)10-18-7-3-4-11(9-18)8-15(20)21/h1-2,5-6,11H,3-4,7-10H2,(H,17,19)(H,20,21). The molecule has 1 aromatic carbocycles. The molecule has 1 aliphatic heterocycles. The second-order valence-corrected chi connectivity index (χ2v) is 5.37. The van der Waals surface area contributed by atoms with Crippen LogP contribution in [0.25, 0.3) is 0 Å². The van der Waals surface area contributed by atoms with Crippen LogP contribution in [0.2, 0.25) is 0 Å². The first kappa shape index (κ1) is 15.4. The van der Waals surface area contributed by atoms with Gasteiger partial charge in [0.05, 0.1) is 12.2 Å². The Kier molecular flexibility index (Phi) is 5.27. The number of piperidine rings is 1. The topological polar surface area (TPSA) is 69.6 Å². The van der Waals surface area contributed by atoms with Gasteiger partial charge in [-0.15, -0.1) is 0 Å². The van der Waals surface area contributed by atoms with Gasteiger partial charge in [-0.1, -0.05) is 12.1 Å². The van der Waals surface area contributed by atoms with Crippen LogP contribution in [0.1, 0.15) is 19.3 Å². The molecule has 114 valence electrons. The van der Waals surface area contributed by atoms with E-state index in [9.17, 15) is 14.0 Å². The molecule has 1 saturated heterocycles. The fourth-order valence-corrected chi connectivity index (χ4v) is 2.66. The second-order valence-electron chi connectivity index (χ2n) is 5.37. The molecule has 1 unspecified atom stereocenters. The van der Waals surface area contributed by atoms with Crippen LogP contribution >= 0.6 is 0 Å². The van der Waals surface area contributed by atoms with Crippen LogP contribution in [-0.2, 0) is 9.59 Å². The summed E-state index contributed by atoms with van der Waals surface area (Å²) in [6.45, 7) is 1.52. The predicted molar refractivity (Wildman–Crippen MR) is 76.4 cm³/mol. The van der Waals surface area contributed by atoms with Crippen LogP contribution < -0.4 is 5.32 Å². The average Bonchev–Trinajstić information content (AvgIpc) is 2.41. The van der Waals surface area contributed by atoms with E-state index in [0.717, 1.165) is 19.4 Å². The van der Waals surface area contributed by atoms with Crippen molar-refractivity contribution in [2.45, 2.75) is 19.3 Å². The maximum Gasteiger partial charge on any atom is 0.303 e. The number of carbonyl (C=O) groups excluding carboxylic acids is 1. The largest absolute Gasteiger partial charge is 0.481 e. The molecule has 1 aliphatic rings. The number of halogens is 1. The summed E-state index contributed by atoms with van der Waals surface area (Å²) < 4.78 is 13.4. The van der Waals surface area contributed by atoms with Crippen LogP contribution in [0.5, 0.6) is 0 Å². The normalized spacial score (nSPS) is 19.2. The van der Waals surface area contributed by atoms with E-state index in [1.165, 1.54) is 12.1 Å². The number of hydrogen-bond acceptors (Lipinski definition) is 3. The summed E-state index contributed by atoms with van der Waals surface area (Å²) in [5, 5.41) is 11.4. The molecule has 0 radical (unpaired) electrons. The Morgan fingerprint density at radius 3 is 2.86 bits per heavy atom. The van der Waals surface area contributed by atoms with Gasteiger partial charge in [-0.3, -0.25) is 14.5 Å². The van der Waals surface area contributed by atoms with Crippen molar-refractivity contribution in [1.82, 2.24) is 4.90 Å². The van der Waals surface area contributed by atoms with Gasteiger partial charge in [0.1, 0.15) is 5.82 Å². The van der Waals surface area contributed by atoms with E-state index in [0.29, 0.717) is 6.54 Å². The molecule has 0 saturated carbocycles. The van der Waals surface area contributed by atoms with Crippen molar-refractivity contribution in [3.05, 3.63) is 30.1 Å². The molecular formula is C15H19FN2O3. The second kappa shape index (κ2) is 7.17. The van der Waals surface area contributed by atoms with Crippen molar-refractivity contribution in [1.29, 1.82) is 0 Å².